The molecule has 0 aliphatic heterocycles. The average molecular weight is 275 g/mol. The van der Waals surface area contributed by atoms with Gasteiger partial charge in [-0.1, -0.05) is 35.0 Å². The number of nitrogens with zero attached hydrogens (tertiary/aromatic N) is 2. The van der Waals surface area contributed by atoms with Crippen LogP contribution in [0.2, 0.25) is 0 Å². The SMILES string of the molecule is COCC(C)(N)c1noc(CCc2ccc(C)cc2)n1. The van der Waals surface area contributed by atoms with Crippen molar-refractivity contribution in [2.45, 2.75) is 32.2 Å². The Morgan fingerprint density at radius 1 is 1.25 bits per heavy atom. The van der Waals surface area contributed by atoms with E-state index < -0.39 is 5.54 Å². The summed E-state index contributed by atoms with van der Waals surface area (Å²) in [6, 6.07) is 8.43. The van der Waals surface area contributed by atoms with Crippen LogP contribution in [0.25, 0.3) is 0 Å². The van der Waals surface area contributed by atoms with Gasteiger partial charge in [-0.05, 0) is 25.8 Å². The Hall–Kier alpha value is -1.72. The Bertz CT molecular complexity index is 547. The van der Waals surface area contributed by atoms with Gasteiger partial charge in [-0.15, -0.1) is 0 Å². The molecule has 2 aromatic rings. The first-order valence-electron chi connectivity index (χ1n) is 6.68. The molecule has 0 saturated carbocycles. The van der Waals surface area contributed by atoms with Crippen molar-refractivity contribution in [1.29, 1.82) is 0 Å². The van der Waals surface area contributed by atoms with Gasteiger partial charge in [-0.2, -0.15) is 4.98 Å². The van der Waals surface area contributed by atoms with Gasteiger partial charge in [0.1, 0.15) is 5.54 Å². The van der Waals surface area contributed by atoms with Crippen molar-refractivity contribution in [2.24, 2.45) is 5.73 Å². The second-order valence-electron chi connectivity index (χ2n) is 5.35. The smallest absolute Gasteiger partial charge is 0.227 e. The molecule has 0 aliphatic carbocycles. The highest BCUT2D eigenvalue weighted by Crippen LogP contribution is 2.15. The first kappa shape index (κ1) is 14.7. The highest BCUT2D eigenvalue weighted by Gasteiger charge is 2.27. The second kappa shape index (κ2) is 6.15. The number of rotatable bonds is 6. The number of ether oxygens (including phenoxy) is 1. The molecule has 2 N–H and O–H groups in total. The number of benzene rings is 1. The third-order valence-corrected chi connectivity index (χ3v) is 3.17. The highest BCUT2D eigenvalue weighted by molar-refractivity contribution is 5.21. The molecule has 0 aliphatic rings. The Kier molecular flexibility index (Phi) is 4.52. The largest absolute Gasteiger partial charge is 0.382 e. The normalized spacial score (nSPS) is 14.2. The molecule has 0 fully saturated rings. The van der Waals surface area contributed by atoms with Crippen LogP contribution in [0.4, 0.5) is 0 Å². The lowest BCUT2D eigenvalue weighted by Gasteiger charge is -2.18. The maximum atomic E-state index is 6.08. The van der Waals surface area contributed by atoms with E-state index in [4.69, 9.17) is 15.0 Å². The number of hydrogen-bond acceptors (Lipinski definition) is 5. The van der Waals surface area contributed by atoms with E-state index in [-0.39, 0.29) is 0 Å². The van der Waals surface area contributed by atoms with E-state index >= 15 is 0 Å². The van der Waals surface area contributed by atoms with Crippen molar-refractivity contribution in [3.8, 4) is 0 Å². The predicted molar refractivity (Wildman–Crippen MR) is 76.3 cm³/mol. The van der Waals surface area contributed by atoms with E-state index in [2.05, 4.69) is 41.3 Å². The van der Waals surface area contributed by atoms with Crippen molar-refractivity contribution in [1.82, 2.24) is 10.1 Å². The molecule has 2 rings (SSSR count). The quantitative estimate of drug-likeness (QED) is 0.872. The summed E-state index contributed by atoms with van der Waals surface area (Å²) >= 11 is 0. The monoisotopic (exact) mass is 275 g/mol. The zero-order chi connectivity index (χ0) is 14.6. The van der Waals surface area contributed by atoms with Gasteiger partial charge in [-0.3, -0.25) is 0 Å². The fraction of sp³-hybridized carbons (Fsp3) is 0.467. The Labute approximate surface area is 119 Å². The molecule has 0 amide bonds. The van der Waals surface area contributed by atoms with Crippen molar-refractivity contribution >= 4 is 0 Å². The van der Waals surface area contributed by atoms with E-state index in [1.807, 2.05) is 6.92 Å². The van der Waals surface area contributed by atoms with Crippen LogP contribution in [0.3, 0.4) is 0 Å². The molecule has 1 aromatic carbocycles. The molecule has 0 saturated heterocycles. The lowest BCUT2D eigenvalue weighted by Crippen LogP contribution is -2.39. The molecule has 1 aromatic heterocycles. The molecular weight excluding hydrogens is 254 g/mol. The van der Waals surface area contributed by atoms with E-state index in [9.17, 15) is 0 Å². The molecule has 5 nitrogen and oxygen atoms in total. The van der Waals surface area contributed by atoms with Crippen LogP contribution in [0, 0.1) is 6.92 Å². The Morgan fingerprint density at radius 3 is 2.60 bits per heavy atom. The maximum absolute atomic E-state index is 6.08. The van der Waals surface area contributed by atoms with Crippen LogP contribution in [0.5, 0.6) is 0 Å². The minimum absolute atomic E-state index is 0.351. The summed E-state index contributed by atoms with van der Waals surface area (Å²) in [5, 5.41) is 3.94. The van der Waals surface area contributed by atoms with Crippen molar-refractivity contribution in [3.63, 3.8) is 0 Å². The fourth-order valence-corrected chi connectivity index (χ4v) is 1.96. The molecule has 1 unspecified atom stereocenters. The molecule has 1 atom stereocenters. The number of nitrogens with two attached hydrogens (primary N) is 1. The predicted octanol–water partition coefficient (Wildman–Crippen LogP) is 1.98. The maximum Gasteiger partial charge on any atom is 0.227 e. The van der Waals surface area contributed by atoms with Crippen LogP contribution in [-0.2, 0) is 23.1 Å². The van der Waals surface area contributed by atoms with Gasteiger partial charge in [-0.25, -0.2) is 0 Å². The topological polar surface area (TPSA) is 74.2 Å². The minimum atomic E-state index is -0.722. The lowest BCUT2D eigenvalue weighted by molar-refractivity contribution is 0.135. The van der Waals surface area contributed by atoms with Gasteiger partial charge in [0.25, 0.3) is 0 Å². The molecular formula is C15H21N3O2. The van der Waals surface area contributed by atoms with Crippen LogP contribution >= 0.6 is 0 Å². The number of aryl methyl sites for hydroxylation is 3. The van der Waals surface area contributed by atoms with E-state index in [0.29, 0.717) is 24.7 Å². The van der Waals surface area contributed by atoms with Crippen LogP contribution in [0.1, 0.15) is 29.8 Å². The van der Waals surface area contributed by atoms with E-state index in [1.165, 1.54) is 11.1 Å². The van der Waals surface area contributed by atoms with Gasteiger partial charge in [0.05, 0.1) is 6.61 Å². The fourth-order valence-electron chi connectivity index (χ4n) is 1.96. The summed E-state index contributed by atoms with van der Waals surface area (Å²) in [5.74, 6) is 1.09. The van der Waals surface area contributed by atoms with Crippen LogP contribution < -0.4 is 5.73 Å². The van der Waals surface area contributed by atoms with Gasteiger partial charge in [0.15, 0.2) is 5.82 Å². The van der Waals surface area contributed by atoms with Gasteiger partial charge < -0.3 is 15.0 Å². The lowest BCUT2D eigenvalue weighted by atomic mass is 10.1. The number of hydrogen-bond donors (Lipinski definition) is 1. The second-order valence-corrected chi connectivity index (χ2v) is 5.35. The average Bonchev–Trinajstić information content (AvgIpc) is 2.88. The summed E-state index contributed by atoms with van der Waals surface area (Å²) in [6.45, 7) is 4.25. The molecule has 20 heavy (non-hydrogen) atoms. The molecule has 1 heterocycles. The molecule has 0 spiro atoms. The van der Waals surface area contributed by atoms with Crippen molar-refractivity contribution < 1.29 is 9.26 Å². The summed E-state index contributed by atoms with van der Waals surface area (Å²) < 4.78 is 10.3. The zero-order valence-corrected chi connectivity index (χ0v) is 12.2. The zero-order valence-electron chi connectivity index (χ0n) is 12.2. The van der Waals surface area contributed by atoms with Gasteiger partial charge in [0.2, 0.25) is 5.89 Å². The highest BCUT2D eigenvalue weighted by atomic mass is 16.5. The first-order chi connectivity index (χ1) is 9.51. The number of methoxy groups -OCH3 is 1. The van der Waals surface area contributed by atoms with Crippen molar-refractivity contribution in [3.05, 3.63) is 47.1 Å². The number of aromatic nitrogens is 2. The standard InChI is InChI=1S/C15H21N3O2/c1-11-4-6-12(7-5-11)8-9-13-17-14(18-20-13)15(2,16)10-19-3/h4-7H,8-10,16H2,1-3H3. The summed E-state index contributed by atoms with van der Waals surface area (Å²) in [6.07, 6.45) is 1.58. The van der Waals surface area contributed by atoms with Crippen LogP contribution in [-0.4, -0.2) is 23.9 Å². The Balaban J connectivity index is 1.97. The van der Waals surface area contributed by atoms with Crippen LogP contribution in [0.15, 0.2) is 28.8 Å². The molecule has 108 valence electrons. The molecule has 5 heteroatoms. The van der Waals surface area contributed by atoms with E-state index in [1.54, 1.807) is 7.11 Å². The Morgan fingerprint density at radius 2 is 1.95 bits per heavy atom. The summed E-state index contributed by atoms with van der Waals surface area (Å²) in [7, 11) is 1.60. The molecule has 0 bridgehead atoms. The van der Waals surface area contributed by atoms with Gasteiger partial charge in [0, 0.05) is 13.5 Å². The van der Waals surface area contributed by atoms with E-state index in [0.717, 1.165) is 6.42 Å². The first-order valence-corrected chi connectivity index (χ1v) is 6.68. The van der Waals surface area contributed by atoms with Gasteiger partial charge >= 0.3 is 0 Å². The summed E-state index contributed by atoms with van der Waals surface area (Å²) in [4.78, 5) is 4.35. The third-order valence-electron chi connectivity index (χ3n) is 3.17. The molecule has 0 radical (unpaired) electrons. The minimum Gasteiger partial charge on any atom is -0.382 e. The third kappa shape index (κ3) is 3.65. The summed E-state index contributed by atoms with van der Waals surface area (Å²) in [5.41, 5.74) is 7.86. The van der Waals surface area contributed by atoms with Crippen molar-refractivity contribution in [2.75, 3.05) is 13.7 Å².